The van der Waals surface area contributed by atoms with Gasteiger partial charge in [-0.2, -0.15) is 0 Å². The summed E-state index contributed by atoms with van der Waals surface area (Å²) >= 11 is 7.05. The number of rotatable bonds is 9. The molecule has 0 aromatic heterocycles. The number of carbonyl (C=O) groups is 4. The number of nitrogens with one attached hydrogen (secondary N) is 2. The molecule has 10 heteroatoms. The van der Waals surface area contributed by atoms with Crippen LogP contribution in [0, 0.1) is 0 Å². The van der Waals surface area contributed by atoms with Crippen LogP contribution in [-0.4, -0.2) is 39.7 Å². The number of aromatic carboxylic acids is 1. The minimum atomic E-state index is -1.18. The molecule has 0 fully saturated rings. The van der Waals surface area contributed by atoms with Crippen molar-refractivity contribution in [3.63, 3.8) is 0 Å². The van der Waals surface area contributed by atoms with Crippen LogP contribution in [0.15, 0.2) is 47.4 Å². The fourth-order valence-corrected chi connectivity index (χ4v) is 3.09. The first kappa shape index (κ1) is 22.3. The predicted molar refractivity (Wildman–Crippen MR) is 110 cm³/mol. The lowest BCUT2D eigenvalue weighted by molar-refractivity contribution is -0.138. The van der Waals surface area contributed by atoms with Gasteiger partial charge in [-0.1, -0.05) is 11.6 Å². The number of carboxylic acids is 2. The second-order valence-electron chi connectivity index (χ2n) is 5.80. The number of hydrogen-bond acceptors (Lipinski definition) is 5. The van der Waals surface area contributed by atoms with Gasteiger partial charge in [-0.3, -0.25) is 14.4 Å². The molecule has 0 spiro atoms. The number of halogens is 1. The van der Waals surface area contributed by atoms with Gasteiger partial charge >= 0.3 is 11.9 Å². The Kier molecular flexibility index (Phi) is 8.05. The van der Waals surface area contributed by atoms with Gasteiger partial charge in [0.25, 0.3) is 0 Å². The molecule has 29 heavy (non-hydrogen) atoms. The molecule has 8 nitrogen and oxygen atoms in total. The molecular weight excluding hydrogens is 420 g/mol. The molecule has 152 valence electrons. The van der Waals surface area contributed by atoms with Crippen LogP contribution < -0.4 is 10.6 Å². The van der Waals surface area contributed by atoms with Crippen LogP contribution in [0.2, 0.25) is 5.02 Å². The van der Waals surface area contributed by atoms with E-state index in [0.29, 0.717) is 11.4 Å². The van der Waals surface area contributed by atoms with Crippen LogP contribution in [0.1, 0.15) is 23.2 Å². The normalized spacial score (nSPS) is 10.2. The van der Waals surface area contributed by atoms with Crippen LogP contribution >= 0.6 is 23.4 Å². The summed E-state index contributed by atoms with van der Waals surface area (Å²) < 4.78 is 0. The van der Waals surface area contributed by atoms with Gasteiger partial charge in [0.05, 0.1) is 22.8 Å². The highest BCUT2D eigenvalue weighted by atomic mass is 35.5. The number of benzene rings is 2. The zero-order valence-electron chi connectivity index (χ0n) is 15.0. The van der Waals surface area contributed by atoms with Gasteiger partial charge in [-0.15, -0.1) is 11.8 Å². The van der Waals surface area contributed by atoms with Gasteiger partial charge < -0.3 is 20.8 Å². The maximum absolute atomic E-state index is 12.1. The summed E-state index contributed by atoms with van der Waals surface area (Å²) in [5.74, 6) is -2.84. The van der Waals surface area contributed by atoms with Crippen LogP contribution in [0.25, 0.3) is 0 Å². The number of thioether (sulfide) groups is 1. The first-order valence-corrected chi connectivity index (χ1v) is 9.68. The molecule has 0 bridgehead atoms. The van der Waals surface area contributed by atoms with Gasteiger partial charge in [0.15, 0.2) is 0 Å². The molecule has 0 aliphatic rings. The van der Waals surface area contributed by atoms with Crippen molar-refractivity contribution < 1.29 is 29.4 Å². The molecule has 2 aromatic carbocycles. The molecule has 0 aliphatic carbocycles. The summed E-state index contributed by atoms with van der Waals surface area (Å²) in [6, 6.07) is 10.9. The highest BCUT2D eigenvalue weighted by molar-refractivity contribution is 8.00. The first-order chi connectivity index (χ1) is 13.7. The van der Waals surface area contributed by atoms with Crippen molar-refractivity contribution in [3.05, 3.63) is 53.1 Å². The van der Waals surface area contributed by atoms with Crippen molar-refractivity contribution in [1.82, 2.24) is 0 Å². The Balaban J connectivity index is 1.84. The van der Waals surface area contributed by atoms with Crippen LogP contribution in [-0.2, 0) is 14.4 Å². The number of amides is 2. The quantitative estimate of drug-likeness (QED) is 0.441. The van der Waals surface area contributed by atoms with Gasteiger partial charge in [-0.25, -0.2) is 4.79 Å². The number of carbonyl (C=O) groups excluding carboxylic acids is 2. The standard InChI is InChI=1S/C19H17ClN2O6S/c20-15-6-3-12(9-14(15)19(27)28)22-17(24)10-29-13-4-1-11(2-5-13)21-16(23)7-8-18(25)26/h1-6,9H,7-8,10H2,(H,21,23)(H,22,24)(H,25,26)(H,27,28). The third-order valence-corrected chi connectivity index (χ3v) is 4.90. The number of anilines is 2. The van der Waals surface area contributed by atoms with Crippen molar-refractivity contribution in [1.29, 1.82) is 0 Å². The van der Waals surface area contributed by atoms with E-state index in [1.807, 2.05) is 0 Å². The average Bonchev–Trinajstić information content (AvgIpc) is 2.67. The van der Waals surface area contributed by atoms with Gasteiger partial charge in [-0.05, 0) is 42.5 Å². The Bertz CT molecular complexity index is 933. The molecule has 2 aromatic rings. The topological polar surface area (TPSA) is 133 Å². The number of hydrogen-bond donors (Lipinski definition) is 4. The van der Waals surface area contributed by atoms with E-state index in [4.69, 9.17) is 21.8 Å². The Morgan fingerprint density at radius 2 is 1.48 bits per heavy atom. The van der Waals surface area contributed by atoms with Crippen molar-refractivity contribution in [2.45, 2.75) is 17.7 Å². The Morgan fingerprint density at radius 1 is 0.862 bits per heavy atom. The minimum Gasteiger partial charge on any atom is -0.481 e. The van der Waals surface area contributed by atoms with E-state index in [0.717, 1.165) is 4.90 Å². The van der Waals surface area contributed by atoms with Crippen molar-refractivity contribution in [2.24, 2.45) is 0 Å². The van der Waals surface area contributed by atoms with Gasteiger partial charge in [0.1, 0.15) is 0 Å². The molecule has 4 N–H and O–H groups in total. The van der Waals surface area contributed by atoms with Gasteiger partial charge in [0, 0.05) is 22.7 Å². The van der Waals surface area contributed by atoms with Crippen molar-refractivity contribution >= 4 is 58.5 Å². The number of carboxylic acid groups (broad SMARTS) is 2. The Morgan fingerprint density at radius 3 is 2.10 bits per heavy atom. The maximum Gasteiger partial charge on any atom is 0.337 e. The Hall–Kier alpha value is -3.04. The molecule has 0 saturated carbocycles. The van der Waals surface area contributed by atoms with E-state index in [1.165, 1.54) is 30.0 Å². The Labute approximate surface area is 175 Å². The molecule has 0 unspecified atom stereocenters. The zero-order chi connectivity index (χ0) is 21.4. The monoisotopic (exact) mass is 436 g/mol. The van der Waals surface area contributed by atoms with E-state index in [2.05, 4.69) is 10.6 Å². The smallest absolute Gasteiger partial charge is 0.337 e. The summed E-state index contributed by atoms with van der Waals surface area (Å²) in [6.45, 7) is 0. The molecule has 0 aliphatic heterocycles. The van der Waals surface area contributed by atoms with E-state index >= 15 is 0 Å². The van der Waals surface area contributed by atoms with Crippen molar-refractivity contribution in [2.75, 3.05) is 16.4 Å². The zero-order valence-corrected chi connectivity index (χ0v) is 16.5. The maximum atomic E-state index is 12.1. The summed E-state index contributed by atoms with van der Waals surface area (Å²) in [6.07, 6.45) is -0.350. The van der Waals surface area contributed by atoms with Crippen LogP contribution in [0.4, 0.5) is 11.4 Å². The second-order valence-corrected chi connectivity index (χ2v) is 7.26. The third-order valence-electron chi connectivity index (χ3n) is 3.55. The summed E-state index contributed by atoms with van der Waals surface area (Å²) in [7, 11) is 0. The second kappa shape index (κ2) is 10.5. The third kappa shape index (κ3) is 7.47. The molecule has 0 atom stereocenters. The first-order valence-electron chi connectivity index (χ1n) is 8.32. The van der Waals surface area contributed by atoms with Crippen LogP contribution in [0.3, 0.4) is 0 Å². The van der Waals surface area contributed by atoms with Crippen molar-refractivity contribution in [3.8, 4) is 0 Å². The molecule has 0 saturated heterocycles. The summed E-state index contributed by atoms with van der Waals surface area (Å²) in [4.78, 5) is 46.0. The summed E-state index contributed by atoms with van der Waals surface area (Å²) in [5.41, 5.74) is 0.756. The van der Waals surface area contributed by atoms with Gasteiger partial charge in [0.2, 0.25) is 11.8 Å². The largest absolute Gasteiger partial charge is 0.481 e. The lowest BCUT2D eigenvalue weighted by Crippen LogP contribution is -2.14. The lowest BCUT2D eigenvalue weighted by atomic mass is 10.2. The highest BCUT2D eigenvalue weighted by Gasteiger charge is 2.11. The highest BCUT2D eigenvalue weighted by Crippen LogP contribution is 2.23. The van der Waals surface area contributed by atoms with E-state index in [1.54, 1.807) is 24.3 Å². The molecule has 2 rings (SSSR count). The lowest BCUT2D eigenvalue weighted by Gasteiger charge is -2.08. The fourth-order valence-electron chi connectivity index (χ4n) is 2.19. The number of aliphatic carboxylic acids is 1. The molecule has 0 heterocycles. The van der Waals surface area contributed by atoms with E-state index < -0.39 is 17.8 Å². The molecule has 0 radical (unpaired) electrons. The summed E-state index contributed by atoms with van der Waals surface area (Å²) in [5, 5.41) is 22.9. The fraction of sp³-hybridized carbons (Fsp3) is 0.158. The van der Waals surface area contributed by atoms with E-state index in [9.17, 15) is 19.2 Å². The molecular formula is C19H17ClN2O6S. The predicted octanol–water partition coefficient (Wildman–Crippen LogP) is 3.57. The molecule has 2 amide bonds. The average molecular weight is 437 g/mol. The SMILES string of the molecule is O=C(O)CCC(=O)Nc1ccc(SCC(=O)Nc2ccc(Cl)c(C(=O)O)c2)cc1. The van der Waals surface area contributed by atoms with Crippen LogP contribution in [0.5, 0.6) is 0 Å². The minimum absolute atomic E-state index is 0.0833. The van der Waals surface area contributed by atoms with E-state index in [-0.39, 0.29) is 35.1 Å².